The van der Waals surface area contributed by atoms with Gasteiger partial charge in [0.1, 0.15) is 0 Å². The van der Waals surface area contributed by atoms with Gasteiger partial charge in [0, 0.05) is 44.1 Å². The predicted octanol–water partition coefficient (Wildman–Crippen LogP) is -4.49. The minimum Gasteiger partial charge on any atom is 0 e. The van der Waals surface area contributed by atoms with E-state index in [0.29, 0.717) is 0 Å². The van der Waals surface area contributed by atoms with Crippen molar-refractivity contribution in [3.8, 4) is 0 Å². The molecule has 0 aliphatic rings. The molecule has 0 aliphatic carbocycles. The molecule has 0 saturated carbocycles. The normalized spacial score (nSPS) is 0. The third-order valence-electron chi connectivity index (χ3n) is 0. The Bertz CT molecular complexity index is 11.7. The van der Waals surface area contributed by atoms with Gasteiger partial charge in [-0.25, -0.2) is 0 Å². The second kappa shape index (κ2) is 88.8. The van der Waals surface area contributed by atoms with E-state index in [1.54, 1.807) is 0 Å². The average molecular weight is 513 g/mol. The fourth-order valence-corrected chi connectivity index (χ4v) is 0. The van der Waals surface area contributed by atoms with Gasteiger partial charge in [0.05, 0.1) is 0 Å². The standard InChI is InChI=1S/Bi.4H2O.Ta.Ti.3H/h;4*1H2;;;;;. The van der Waals surface area contributed by atoms with Crippen molar-refractivity contribution in [1.29, 1.82) is 0 Å². The summed E-state index contributed by atoms with van der Waals surface area (Å²) in [6.07, 6.45) is 0. The zero-order chi connectivity index (χ0) is 0. The maximum Gasteiger partial charge on any atom is 0 e. The van der Waals surface area contributed by atoms with Crippen LogP contribution < -0.4 is 0 Å². The van der Waals surface area contributed by atoms with Crippen LogP contribution in [-0.4, -0.2) is 48.1 Å². The van der Waals surface area contributed by atoms with E-state index in [4.69, 9.17) is 0 Å². The van der Waals surface area contributed by atoms with Crippen molar-refractivity contribution in [3.05, 3.63) is 0 Å². The SMILES string of the molecule is O.O.O.O.[BiH3].[Ta].[Ti]. The van der Waals surface area contributed by atoms with Crippen LogP contribution in [-0.2, 0) is 44.1 Å². The van der Waals surface area contributed by atoms with E-state index in [0.717, 1.165) is 0 Å². The second-order valence-corrected chi connectivity index (χ2v) is 0. The summed E-state index contributed by atoms with van der Waals surface area (Å²) in [6.45, 7) is 0. The smallest absolute Gasteiger partial charge is 0 e. The third-order valence-corrected chi connectivity index (χ3v) is 0. The van der Waals surface area contributed by atoms with E-state index < -0.39 is 0 Å². The molecular formula is H11BiO4TaTi. The van der Waals surface area contributed by atoms with Crippen LogP contribution in [0.15, 0.2) is 0 Å². The summed E-state index contributed by atoms with van der Waals surface area (Å²) in [6, 6.07) is 0. The van der Waals surface area contributed by atoms with Crippen molar-refractivity contribution in [3.63, 3.8) is 0 Å². The van der Waals surface area contributed by atoms with Crippen LogP contribution >= 0.6 is 0 Å². The Labute approximate surface area is 91.2 Å². The van der Waals surface area contributed by atoms with E-state index in [9.17, 15) is 0 Å². The molecule has 0 aliphatic heterocycles. The van der Waals surface area contributed by atoms with Gasteiger partial charge in [-0.3, -0.25) is 0 Å². The van der Waals surface area contributed by atoms with E-state index in [2.05, 4.69) is 0 Å². The first-order valence-electron chi connectivity index (χ1n) is 0. The molecular weight excluding hydrogens is 502 g/mol. The Balaban J connectivity index is 0. The van der Waals surface area contributed by atoms with Crippen LogP contribution in [0.1, 0.15) is 0 Å². The Morgan fingerprint density at radius 3 is 0.571 bits per heavy atom. The van der Waals surface area contributed by atoms with E-state index in [-0.39, 0.29) is 92.2 Å². The van der Waals surface area contributed by atoms with E-state index in [1.807, 2.05) is 0 Å². The minimum absolute atomic E-state index is 0. The van der Waals surface area contributed by atoms with Gasteiger partial charge < -0.3 is 21.9 Å². The first-order chi connectivity index (χ1) is 0. The van der Waals surface area contributed by atoms with Crippen LogP contribution in [0.3, 0.4) is 0 Å². The molecule has 7 heteroatoms. The van der Waals surface area contributed by atoms with Gasteiger partial charge in [-0.05, 0) is 0 Å². The summed E-state index contributed by atoms with van der Waals surface area (Å²) >= 11 is 0. The topological polar surface area (TPSA) is 126 Å². The van der Waals surface area contributed by atoms with Crippen LogP contribution in [0.2, 0.25) is 0 Å². The largest absolute Gasteiger partial charge is 0 e. The van der Waals surface area contributed by atoms with Crippen LogP contribution in [0.5, 0.6) is 0 Å². The zero-order valence-electron chi connectivity index (χ0n) is 3.65. The minimum atomic E-state index is 0. The quantitative estimate of drug-likeness (QED) is 0.290. The molecule has 0 aromatic carbocycles. The molecule has 0 saturated heterocycles. The van der Waals surface area contributed by atoms with Gasteiger partial charge in [-0.1, -0.05) is 0 Å². The number of rotatable bonds is 0. The molecule has 7 heavy (non-hydrogen) atoms. The molecule has 0 amide bonds. The summed E-state index contributed by atoms with van der Waals surface area (Å²) in [7, 11) is 0. The molecule has 0 bridgehead atoms. The Hall–Kier alpha value is 2.18. The van der Waals surface area contributed by atoms with Gasteiger partial charge in [0.2, 0.25) is 0 Å². The molecule has 0 rings (SSSR count). The Morgan fingerprint density at radius 2 is 0.571 bits per heavy atom. The predicted molar refractivity (Wildman–Crippen MR) is 24.4 cm³/mol. The van der Waals surface area contributed by atoms with Gasteiger partial charge >= 0.3 is 26.2 Å². The molecule has 0 spiro atoms. The molecule has 0 aromatic heterocycles. The van der Waals surface area contributed by atoms with Gasteiger partial charge in [-0.15, -0.1) is 0 Å². The number of hydrogen-bond donors (Lipinski definition) is 0. The zero-order valence-corrected chi connectivity index (χ0v) is 13.9. The molecule has 49 valence electrons. The molecule has 0 heterocycles. The number of hydrogen-bond acceptors (Lipinski definition) is 0. The Morgan fingerprint density at radius 1 is 0.571 bits per heavy atom. The molecule has 8 N–H and O–H groups in total. The van der Waals surface area contributed by atoms with Crippen molar-refractivity contribution in [2.75, 3.05) is 0 Å². The first kappa shape index (κ1) is 129. The van der Waals surface area contributed by atoms with Crippen molar-refractivity contribution in [1.82, 2.24) is 0 Å². The summed E-state index contributed by atoms with van der Waals surface area (Å²) in [5.74, 6) is 0. The average Bonchev–Trinajstić information content (AvgIpc) is 0. The second-order valence-electron chi connectivity index (χ2n) is 0. The van der Waals surface area contributed by atoms with Crippen molar-refractivity contribution in [2.45, 2.75) is 0 Å². The van der Waals surface area contributed by atoms with Gasteiger partial charge in [0.25, 0.3) is 0 Å². The van der Waals surface area contributed by atoms with Gasteiger partial charge in [-0.2, -0.15) is 0 Å². The van der Waals surface area contributed by atoms with Crippen molar-refractivity contribution >= 4 is 26.2 Å². The van der Waals surface area contributed by atoms with E-state index >= 15 is 0 Å². The van der Waals surface area contributed by atoms with E-state index in [1.165, 1.54) is 0 Å². The molecule has 0 fully saturated rings. The van der Waals surface area contributed by atoms with Gasteiger partial charge in [0.15, 0.2) is 0 Å². The molecule has 0 atom stereocenters. The Kier molecular flexibility index (Phi) is 1640. The summed E-state index contributed by atoms with van der Waals surface area (Å²) in [4.78, 5) is 0. The summed E-state index contributed by atoms with van der Waals surface area (Å²) < 4.78 is 0. The third kappa shape index (κ3) is 65.8. The molecule has 4 nitrogen and oxygen atoms in total. The van der Waals surface area contributed by atoms with Crippen molar-refractivity contribution in [2.24, 2.45) is 0 Å². The van der Waals surface area contributed by atoms with Crippen molar-refractivity contribution < 1.29 is 66.0 Å². The monoisotopic (exact) mass is 513 g/mol. The maximum absolute atomic E-state index is 0. The van der Waals surface area contributed by atoms with Crippen LogP contribution in [0.4, 0.5) is 0 Å². The van der Waals surface area contributed by atoms with Crippen LogP contribution in [0, 0.1) is 0 Å². The fourth-order valence-electron chi connectivity index (χ4n) is 0. The maximum atomic E-state index is 0. The molecule has 0 unspecified atom stereocenters. The molecule has 1 radical (unpaired) electrons. The van der Waals surface area contributed by atoms with Crippen LogP contribution in [0.25, 0.3) is 0 Å². The summed E-state index contributed by atoms with van der Waals surface area (Å²) in [5.41, 5.74) is 0. The first-order valence-corrected chi connectivity index (χ1v) is 0. The molecule has 0 aromatic rings. The fraction of sp³-hybridized carbons (Fsp3) is 0. The summed E-state index contributed by atoms with van der Waals surface area (Å²) in [5, 5.41) is 0.